The van der Waals surface area contributed by atoms with E-state index < -0.39 is 10.0 Å². The molecular formula is C16H13N3O3S. The van der Waals surface area contributed by atoms with E-state index in [1.807, 2.05) is 6.07 Å². The highest BCUT2D eigenvalue weighted by Crippen LogP contribution is 2.31. The summed E-state index contributed by atoms with van der Waals surface area (Å²) in [6.45, 7) is 0. The standard InChI is InChI=1S/C16H13N3O3S/c1-19-14-7-6-13(8-12(14)9-16(19)20)18-23(21,22)15-5-3-2-4-11(15)10-17/h2-8,18H,9H2,1H3. The van der Waals surface area contributed by atoms with E-state index in [1.165, 1.54) is 12.1 Å². The van der Waals surface area contributed by atoms with E-state index in [2.05, 4.69) is 4.72 Å². The largest absolute Gasteiger partial charge is 0.315 e. The van der Waals surface area contributed by atoms with Crippen molar-refractivity contribution in [1.29, 1.82) is 5.26 Å². The average molecular weight is 327 g/mol. The molecule has 1 aliphatic rings. The van der Waals surface area contributed by atoms with Gasteiger partial charge in [0.05, 0.1) is 12.0 Å². The number of anilines is 2. The summed E-state index contributed by atoms with van der Waals surface area (Å²) in [4.78, 5) is 13.2. The van der Waals surface area contributed by atoms with Crippen LogP contribution in [0.1, 0.15) is 11.1 Å². The van der Waals surface area contributed by atoms with Crippen LogP contribution in [0.5, 0.6) is 0 Å². The lowest BCUT2D eigenvalue weighted by atomic mass is 10.1. The smallest absolute Gasteiger partial charge is 0.263 e. The molecule has 2 aromatic rings. The molecule has 0 aromatic heterocycles. The maximum absolute atomic E-state index is 12.5. The fourth-order valence-corrected chi connectivity index (χ4v) is 3.75. The topological polar surface area (TPSA) is 90.3 Å². The number of rotatable bonds is 3. The van der Waals surface area contributed by atoms with Gasteiger partial charge >= 0.3 is 0 Å². The number of benzene rings is 2. The van der Waals surface area contributed by atoms with Crippen LogP contribution in [0.25, 0.3) is 0 Å². The molecule has 6 nitrogen and oxygen atoms in total. The molecule has 0 atom stereocenters. The number of hydrogen-bond donors (Lipinski definition) is 1. The minimum absolute atomic E-state index is 0.0326. The number of likely N-dealkylation sites (N-methyl/N-ethyl adjacent to an activating group) is 1. The van der Waals surface area contributed by atoms with Crippen LogP contribution in [0.4, 0.5) is 11.4 Å². The molecule has 7 heteroatoms. The first kappa shape index (κ1) is 15.1. The Bertz CT molecular complexity index is 945. The van der Waals surface area contributed by atoms with E-state index in [4.69, 9.17) is 5.26 Å². The van der Waals surface area contributed by atoms with Crippen molar-refractivity contribution in [3.8, 4) is 6.07 Å². The maximum atomic E-state index is 12.5. The summed E-state index contributed by atoms with van der Waals surface area (Å²) in [5, 5.41) is 9.05. The van der Waals surface area contributed by atoms with Crippen LogP contribution in [-0.4, -0.2) is 21.4 Å². The van der Waals surface area contributed by atoms with Crippen molar-refractivity contribution < 1.29 is 13.2 Å². The molecule has 0 aliphatic carbocycles. The molecule has 0 spiro atoms. The minimum atomic E-state index is -3.87. The van der Waals surface area contributed by atoms with Gasteiger partial charge in [-0.25, -0.2) is 8.42 Å². The first-order valence-electron chi connectivity index (χ1n) is 6.84. The Morgan fingerprint density at radius 1 is 1.22 bits per heavy atom. The minimum Gasteiger partial charge on any atom is -0.315 e. The van der Waals surface area contributed by atoms with Crippen LogP contribution in [0.2, 0.25) is 0 Å². The number of amides is 1. The molecule has 23 heavy (non-hydrogen) atoms. The zero-order chi connectivity index (χ0) is 16.6. The van der Waals surface area contributed by atoms with Gasteiger partial charge < -0.3 is 4.90 Å². The van der Waals surface area contributed by atoms with E-state index in [1.54, 1.807) is 42.3 Å². The molecule has 1 N–H and O–H groups in total. The van der Waals surface area contributed by atoms with Gasteiger partial charge in [-0.3, -0.25) is 9.52 Å². The third-order valence-corrected chi connectivity index (χ3v) is 5.15. The monoisotopic (exact) mass is 327 g/mol. The van der Waals surface area contributed by atoms with E-state index in [0.29, 0.717) is 5.69 Å². The second-order valence-electron chi connectivity index (χ2n) is 5.19. The van der Waals surface area contributed by atoms with Gasteiger partial charge in [-0.15, -0.1) is 0 Å². The number of nitrogens with zero attached hydrogens (tertiary/aromatic N) is 2. The highest BCUT2D eigenvalue weighted by molar-refractivity contribution is 7.92. The van der Waals surface area contributed by atoms with Crippen LogP contribution in [0, 0.1) is 11.3 Å². The Hall–Kier alpha value is -2.85. The number of nitriles is 1. The van der Waals surface area contributed by atoms with E-state index in [9.17, 15) is 13.2 Å². The molecule has 0 saturated heterocycles. The van der Waals surface area contributed by atoms with Gasteiger partial charge in [-0.2, -0.15) is 5.26 Å². The Morgan fingerprint density at radius 3 is 2.70 bits per heavy atom. The molecule has 1 aliphatic heterocycles. The van der Waals surface area contributed by atoms with Crippen molar-refractivity contribution in [3.05, 3.63) is 53.6 Å². The summed E-state index contributed by atoms with van der Waals surface area (Å²) < 4.78 is 27.4. The van der Waals surface area contributed by atoms with Crippen molar-refractivity contribution in [3.63, 3.8) is 0 Å². The van der Waals surface area contributed by atoms with E-state index >= 15 is 0 Å². The van der Waals surface area contributed by atoms with Gasteiger partial charge in [-0.05, 0) is 35.9 Å². The summed E-state index contributed by atoms with van der Waals surface area (Å²) in [6.07, 6.45) is 0.246. The average Bonchev–Trinajstić information content (AvgIpc) is 2.81. The van der Waals surface area contributed by atoms with Gasteiger partial charge in [0.25, 0.3) is 10.0 Å². The second kappa shape index (κ2) is 5.41. The van der Waals surface area contributed by atoms with Gasteiger partial charge in [0.2, 0.25) is 5.91 Å². The predicted octanol–water partition coefficient (Wildman–Crippen LogP) is 1.88. The van der Waals surface area contributed by atoms with E-state index in [0.717, 1.165) is 11.3 Å². The Morgan fingerprint density at radius 2 is 1.96 bits per heavy atom. The first-order chi connectivity index (χ1) is 10.9. The highest BCUT2D eigenvalue weighted by atomic mass is 32.2. The Kier molecular flexibility index (Phi) is 3.54. The summed E-state index contributed by atoms with van der Waals surface area (Å²) in [7, 11) is -2.19. The van der Waals surface area contributed by atoms with Gasteiger partial charge in [0.15, 0.2) is 0 Å². The molecule has 1 amide bonds. The van der Waals surface area contributed by atoms with Crippen molar-refractivity contribution in [2.24, 2.45) is 0 Å². The van der Waals surface area contributed by atoms with Crippen LogP contribution >= 0.6 is 0 Å². The summed E-state index contributed by atoms with van der Waals surface area (Å²) in [6, 6.07) is 12.8. The van der Waals surface area contributed by atoms with Crippen molar-refractivity contribution >= 4 is 27.3 Å². The number of nitrogens with one attached hydrogen (secondary N) is 1. The summed E-state index contributed by atoms with van der Waals surface area (Å²) >= 11 is 0. The molecule has 0 unspecified atom stereocenters. The molecule has 0 bridgehead atoms. The summed E-state index contributed by atoms with van der Waals surface area (Å²) in [5.74, 6) is -0.0326. The normalized spacial score (nSPS) is 13.6. The van der Waals surface area contributed by atoms with Crippen LogP contribution in [0.3, 0.4) is 0 Å². The quantitative estimate of drug-likeness (QED) is 0.932. The molecule has 2 aromatic carbocycles. The van der Waals surface area contributed by atoms with Crippen LogP contribution < -0.4 is 9.62 Å². The zero-order valence-electron chi connectivity index (χ0n) is 12.3. The van der Waals surface area contributed by atoms with Crippen LogP contribution in [0.15, 0.2) is 47.4 Å². The van der Waals surface area contributed by atoms with Crippen molar-refractivity contribution in [1.82, 2.24) is 0 Å². The third-order valence-electron chi connectivity index (χ3n) is 3.71. The lowest BCUT2D eigenvalue weighted by Gasteiger charge is -2.12. The van der Waals surface area contributed by atoms with Crippen molar-refractivity contribution in [2.45, 2.75) is 11.3 Å². The number of carbonyl (C=O) groups excluding carboxylic acids is 1. The van der Waals surface area contributed by atoms with E-state index in [-0.39, 0.29) is 22.8 Å². The lowest BCUT2D eigenvalue weighted by Crippen LogP contribution is -2.20. The van der Waals surface area contributed by atoms with Gasteiger partial charge in [0, 0.05) is 18.4 Å². The molecule has 1 heterocycles. The number of fused-ring (bicyclic) bond motifs is 1. The molecule has 0 fully saturated rings. The number of sulfonamides is 1. The number of hydrogen-bond acceptors (Lipinski definition) is 4. The zero-order valence-corrected chi connectivity index (χ0v) is 13.1. The second-order valence-corrected chi connectivity index (χ2v) is 6.84. The van der Waals surface area contributed by atoms with Gasteiger partial charge in [-0.1, -0.05) is 12.1 Å². The number of carbonyl (C=O) groups is 1. The molecular weight excluding hydrogens is 314 g/mol. The molecule has 0 radical (unpaired) electrons. The lowest BCUT2D eigenvalue weighted by molar-refractivity contribution is -0.117. The maximum Gasteiger partial charge on any atom is 0.263 e. The van der Waals surface area contributed by atoms with Crippen molar-refractivity contribution in [2.75, 3.05) is 16.7 Å². The molecule has 3 rings (SSSR count). The highest BCUT2D eigenvalue weighted by Gasteiger charge is 2.25. The van der Waals surface area contributed by atoms with Crippen LogP contribution in [-0.2, 0) is 21.2 Å². The fourth-order valence-electron chi connectivity index (χ4n) is 2.54. The predicted molar refractivity (Wildman–Crippen MR) is 85.5 cm³/mol. The Balaban J connectivity index is 1.95. The third kappa shape index (κ3) is 2.64. The Labute approximate surface area is 134 Å². The molecule has 116 valence electrons. The SMILES string of the molecule is CN1C(=O)Cc2cc(NS(=O)(=O)c3ccccc3C#N)ccc21. The van der Waals surface area contributed by atoms with Gasteiger partial charge in [0.1, 0.15) is 11.0 Å². The fraction of sp³-hybridized carbons (Fsp3) is 0.125. The summed E-state index contributed by atoms with van der Waals surface area (Å²) in [5.41, 5.74) is 1.98. The molecule has 0 saturated carbocycles. The first-order valence-corrected chi connectivity index (χ1v) is 8.32.